The smallest absolute Gasteiger partial charge is 0.0249 e. The zero-order valence-corrected chi connectivity index (χ0v) is 10.2. The second-order valence-electron chi connectivity index (χ2n) is 4.23. The molecule has 0 aromatic heterocycles. The molecule has 0 N–H and O–H groups in total. The fourth-order valence-electron chi connectivity index (χ4n) is 1.95. The van der Waals surface area contributed by atoms with E-state index < -0.39 is 0 Å². The van der Waals surface area contributed by atoms with Crippen LogP contribution < -0.4 is 0 Å². The molecule has 1 aromatic carbocycles. The van der Waals surface area contributed by atoms with Crippen LogP contribution in [0.5, 0.6) is 0 Å². The molecule has 80 valence electrons. The Morgan fingerprint density at radius 2 is 2.00 bits per heavy atom. The summed E-state index contributed by atoms with van der Waals surface area (Å²) in [5.74, 6) is 0.370. The molecule has 0 fully saturated rings. The first kappa shape index (κ1) is 11.8. The third kappa shape index (κ3) is 2.82. The molecule has 15 heavy (non-hydrogen) atoms. The summed E-state index contributed by atoms with van der Waals surface area (Å²) < 4.78 is 0. The molecule has 0 radical (unpaired) electrons. The van der Waals surface area contributed by atoms with E-state index in [0.717, 1.165) is 0 Å². The van der Waals surface area contributed by atoms with Crippen molar-refractivity contribution >= 4 is 0 Å². The van der Waals surface area contributed by atoms with Gasteiger partial charge in [-0.25, -0.2) is 0 Å². The van der Waals surface area contributed by atoms with Crippen LogP contribution in [0.3, 0.4) is 0 Å². The van der Waals surface area contributed by atoms with Gasteiger partial charge in [-0.05, 0) is 33.3 Å². The Bertz CT molecular complexity index is 383. The number of allylic oxidation sites excluding steroid dienone is 3. The minimum absolute atomic E-state index is 0.370. The molecule has 0 saturated heterocycles. The van der Waals surface area contributed by atoms with E-state index in [9.17, 15) is 0 Å². The average Bonchev–Trinajstić information content (AvgIpc) is 2.17. The molecule has 1 rings (SSSR count). The zero-order chi connectivity index (χ0) is 11.4. The van der Waals surface area contributed by atoms with E-state index in [-0.39, 0.29) is 0 Å². The molecule has 0 bridgehead atoms. The van der Waals surface area contributed by atoms with Crippen LogP contribution in [0.2, 0.25) is 0 Å². The average molecular weight is 200 g/mol. The molecular formula is C15H20. The lowest BCUT2D eigenvalue weighted by Crippen LogP contribution is -2.01. The van der Waals surface area contributed by atoms with Crippen LogP contribution >= 0.6 is 0 Å². The number of hydrogen-bond acceptors (Lipinski definition) is 0. The molecule has 0 saturated carbocycles. The van der Waals surface area contributed by atoms with Crippen molar-refractivity contribution in [2.45, 2.75) is 33.6 Å². The minimum Gasteiger partial charge on any atom is -0.0992 e. The van der Waals surface area contributed by atoms with Crippen molar-refractivity contribution in [3.8, 4) is 0 Å². The van der Waals surface area contributed by atoms with E-state index >= 15 is 0 Å². The number of aryl methyl sites for hydroxylation is 1. The summed E-state index contributed by atoms with van der Waals surface area (Å²) in [6, 6.07) is 8.67. The molecule has 0 aliphatic rings. The van der Waals surface area contributed by atoms with Gasteiger partial charge < -0.3 is 0 Å². The van der Waals surface area contributed by atoms with Crippen molar-refractivity contribution in [2.75, 3.05) is 0 Å². The van der Waals surface area contributed by atoms with Crippen LogP contribution in [0.1, 0.15) is 37.8 Å². The second kappa shape index (κ2) is 4.97. The predicted molar refractivity (Wildman–Crippen MR) is 68.2 cm³/mol. The van der Waals surface area contributed by atoms with Crippen molar-refractivity contribution in [3.63, 3.8) is 0 Å². The van der Waals surface area contributed by atoms with Gasteiger partial charge in [0.05, 0.1) is 0 Å². The molecular weight excluding hydrogens is 180 g/mol. The lowest BCUT2D eigenvalue weighted by Gasteiger charge is -2.19. The molecule has 1 unspecified atom stereocenters. The summed E-state index contributed by atoms with van der Waals surface area (Å²) in [5.41, 5.74) is 5.23. The summed E-state index contributed by atoms with van der Waals surface area (Å²) in [4.78, 5) is 0. The van der Waals surface area contributed by atoms with E-state index in [1.54, 1.807) is 0 Å². The third-order valence-corrected chi connectivity index (χ3v) is 2.78. The predicted octanol–water partition coefficient (Wildman–Crippen LogP) is 4.62. The summed E-state index contributed by atoms with van der Waals surface area (Å²) in [7, 11) is 0. The third-order valence-electron chi connectivity index (χ3n) is 2.78. The van der Waals surface area contributed by atoms with Gasteiger partial charge in [-0.1, -0.05) is 53.6 Å². The fraction of sp³-hybridized carbons (Fsp3) is 0.333. The van der Waals surface area contributed by atoms with Crippen molar-refractivity contribution < 1.29 is 0 Å². The van der Waals surface area contributed by atoms with E-state index in [1.165, 1.54) is 22.3 Å². The van der Waals surface area contributed by atoms with E-state index in [4.69, 9.17) is 0 Å². The topological polar surface area (TPSA) is 0 Å². The summed E-state index contributed by atoms with van der Waals surface area (Å²) in [5, 5.41) is 0. The Labute approximate surface area is 93.3 Å². The maximum atomic E-state index is 4.09. The van der Waals surface area contributed by atoms with Crippen molar-refractivity contribution in [2.24, 2.45) is 0 Å². The van der Waals surface area contributed by atoms with E-state index in [0.29, 0.717) is 5.92 Å². The number of benzene rings is 1. The van der Waals surface area contributed by atoms with Crippen molar-refractivity contribution in [3.05, 3.63) is 59.2 Å². The van der Waals surface area contributed by atoms with Gasteiger partial charge in [0, 0.05) is 5.92 Å². The van der Waals surface area contributed by atoms with Gasteiger partial charge in [0.1, 0.15) is 0 Å². The Kier molecular flexibility index (Phi) is 3.90. The Morgan fingerprint density at radius 3 is 2.47 bits per heavy atom. The van der Waals surface area contributed by atoms with Crippen LogP contribution in [-0.2, 0) is 0 Å². The van der Waals surface area contributed by atoms with Gasteiger partial charge in [-0.2, -0.15) is 0 Å². The number of rotatable bonds is 3. The highest BCUT2D eigenvalue weighted by molar-refractivity contribution is 5.37. The number of hydrogen-bond donors (Lipinski definition) is 0. The Balaban J connectivity index is 3.16. The maximum Gasteiger partial charge on any atom is 0.0249 e. The van der Waals surface area contributed by atoms with Gasteiger partial charge in [-0.3, -0.25) is 0 Å². The summed E-state index contributed by atoms with van der Waals surface area (Å²) >= 11 is 0. The monoisotopic (exact) mass is 200 g/mol. The molecule has 0 aliphatic carbocycles. The first-order chi connectivity index (χ1) is 7.06. The van der Waals surface area contributed by atoms with Gasteiger partial charge >= 0.3 is 0 Å². The highest BCUT2D eigenvalue weighted by Crippen LogP contribution is 2.30. The van der Waals surface area contributed by atoms with Crippen LogP contribution in [0.15, 0.2) is 48.1 Å². The molecule has 0 heteroatoms. The van der Waals surface area contributed by atoms with Crippen molar-refractivity contribution in [1.82, 2.24) is 0 Å². The van der Waals surface area contributed by atoms with Crippen molar-refractivity contribution in [1.29, 1.82) is 0 Å². The lowest BCUT2D eigenvalue weighted by atomic mass is 9.86. The molecule has 1 atom stereocenters. The molecule has 0 aliphatic heterocycles. The van der Waals surface area contributed by atoms with E-state index in [2.05, 4.69) is 64.6 Å². The van der Waals surface area contributed by atoms with E-state index in [1.807, 2.05) is 0 Å². The first-order valence-corrected chi connectivity index (χ1v) is 5.41. The highest BCUT2D eigenvalue weighted by Gasteiger charge is 2.13. The quantitative estimate of drug-likeness (QED) is 0.624. The van der Waals surface area contributed by atoms with Crippen LogP contribution in [0.25, 0.3) is 0 Å². The normalized spacial score (nSPS) is 13.7. The Hall–Kier alpha value is -1.30. The lowest BCUT2D eigenvalue weighted by molar-refractivity contribution is 0.918. The maximum absolute atomic E-state index is 4.09. The van der Waals surface area contributed by atoms with Gasteiger partial charge in [-0.15, -0.1) is 0 Å². The molecule has 1 aromatic rings. The SMILES string of the molecule is C=C(C)C(/C(C)=C\C)c1cccc(C)c1. The standard InChI is InChI=1S/C15H20/c1-6-13(5)15(11(2)3)14-9-7-8-12(4)10-14/h6-10,15H,2H2,1,3-5H3/b13-6-. The van der Waals surface area contributed by atoms with Crippen LogP contribution in [0, 0.1) is 6.92 Å². The summed E-state index contributed by atoms with van der Waals surface area (Å²) in [6.07, 6.45) is 2.17. The fourth-order valence-corrected chi connectivity index (χ4v) is 1.95. The van der Waals surface area contributed by atoms with Gasteiger partial charge in [0.2, 0.25) is 0 Å². The highest BCUT2D eigenvalue weighted by atomic mass is 14.2. The first-order valence-electron chi connectivity index (χ1n) is 5.41. The van der Waals surface area contributed by atoms with Crippen LogP contribution in [-0.4, -0.2) is 0 Å². The Morgan fingerprint density at radius 1 is 1.33 bits per heavy atom. The second-order valence-corrected chi connectivity index (χ2v) is 4.23. The largest absolute Gasteiger partial charge is 0.0992 e. The van der Waals surface area contributed by atoms with Gasteiger partial charge in [0.25, 0.3) is 0 Å². The van der Waals surface area contributed by atoms with Gasteiger partial charge in [0.15, 0.2) is 0 Å². The van der Waals surface area contributed by atoms with Crippen LogP contribution in [0.4, 0.5) is 0 Å². The minimum atomic E-state index is 0.370. The molecule has 0 heterocycles. The molecule has 0 amide bonds. The molecule has 0 spiro atoms. The molecule has 0 nitrogen and oxygen atoms in total. The zero-order valence-electron chi connectivity index (χ0n) is 10.2. The summed E-state index contributed by atoms with van der Waals surface area (Å²) in [6.45, 7) is 12.6.